The number of amides is 1. The van der Waals surface area contributed by atoms with Crippen LogP contribution in [0.1, 0.15) is 114 Å². The van der Waals surface area contributed by atoms with E-state index in [0.29, 0.717) is 58.5 Å². The summed E-state index contributed by atoms with van der Waals surface area (Å²) in [5.41, 5.74) is 8.34. The molecule has 73 heavy (non-hydrogen) atoms. The number of aromatic nitrogens is 8. The molecule has 17 heteroatoms. The van der Waals surface area contributed by atoms with Crippen molar-refractivity contribution in [2.75, 3.05) is 23.7 Å². The molecule has 0 radical (unpaired) electrons. The number of aliphatic hydroxyl groups is 2. The summed E-state index contributed by atoms with van der Waals surface area (Å²) in [6.45, 7) is 7.51. The Balaban J connectivity index is 0.733. The van der Waals surface area contributed by atoms with Crippen molar-refractivity contribution in [3.05, 3.63) is 167 Å². The second-order valence-corrected chi connectivity index (χ2v) is 20.9. The molecule has 12 rings (SSSR count). The largest absolute Gasteiger partial charge is 0.386 e. The second kappa shape index (κ2) is 17.5. The average molecular weight is 981 g/mol. The molecule has 0 saturated heterocycles. The molecule has 4 atom stereocenters. The van der Waals surface area contributed by atoms with E-state index in [-0.39, 0.29) is 28.4 Å². The molecular formula is C56H54F2N12O3. The van der Waals surface area contributed by atoms with Crippen molar-refractivity contribution in [3.63, 3.8) is 0 Å². The molecule has 8 aromatic rings. The van der Waals surface area contributed by atoms with Gasteiger partial charge in [-0.2, -0.15) is 8.78 Å². The Kier molecular flexibility index (Phi) is 11.1. The lowest BCUT2D eigenvalue weighted by Crippen LogP contribution is -2.45. The van der Waals surface area contributed by atoms with Crippen molar-refractivity contribution in [3.8, 4) is 34.2 Å². The number of imidazole rings is 2. The van der Waals surface area contributed by atoms with Gasteiger partial charge in [0.1, 0.15) is 17.9 Å². The van der Waals surface area contributed by atoms with Crippen LogP contribution in [0.25, 0.3) is 34.2 Å². The number of rotatable bonds is 13. The summed E-state index contributed by atoms with van der Waals surface area (Å²) in [4.78, 5) is 41.7. The van der Waals surface area contributed by atoms with Crippen LogP contribution in [-0.2, 0) is 16.9 Å². The quantitative estimate of drug-likeness (QED) is 0.0642. The van der Waals surface area contributed by atoms with E-state index in [1.807, 2.05) is 83.3 Å². The Morgan fingerprint density at radius 2 is 1.53 bits per heavy atom. The minimum absolute atomic E-state index is 0.105. The minimum atomic E-state index is -3.13. The fraction of sp³-hybridized carbons (Fsp3) is 0.304. The van der Waals surface area contributed by atoms with Gasteiger partial charge >= 0.3 is 0 Å². The third kappa shape index (κ3) is 9.01. The highest BCUT2D eigenvalue weighted by atomic mass is 19.3. The smallest absolute Gasteiger partial charge is 0.285 e. The van der Waals surface area contributed by atoms with Gasteiger partial charge in [-0.15, -0.1) is 0 Å². The summed E-state index contributed by atoms with van der Waals surface area (Å²) in [5, 5.41) is 33.7. The van der Waals surface area contributed by atoms with Crippen LogP contribution in [0.3, 0.4) is 0 Å². The molecule has 0 bridgehead atoms. The SMILES string of the molecule is Cc1cc(-c2nccc(Nc3ccc4c(c3)C(F)(F)CNC4O)n2)ccc1-n1cnc(C2CC2CC2(C)CNC(=O)c3ccc(Nc4nc(-c5ccc(-n6cnc(C7CC7)c6)cc5)ncc4C(C)(C)O)cc32)c1. The third-order valence-electron chi connectivity index (χ3n) is 14.8. The number of carbonyl (C=O) groups excluding carboxylic acids is 1. The summed E-state index contributed by atoms with van der Waals surface area (Å²) >= 11 is 0. The van der Waals surface area contributed by atoms with Crippen LogP contribution in [0, 0.1) is 12.8 Å². The number of hydrogen-bond acceptors (Lipinski definition) is 12. The highest BCUT2D eigenvalue weighted by Crippen LogP contribution is 2.54. The summed E-state index contributed by atoms with van der Waals surface area (Å²) in [6, 6.07) is 26.0. The predicted octanol–water partition coefficient (Wildman–Crippen LogP) is 9.75. The number of benzene rings is 4. The van der Waals surface area contributed by atoms with Crippen molar-refractivity contribution in [2.24, 2.45) is 5.92 Å². The fourth-order valence-electron chi connectivity index (χ4n) is 10.5. The zero-order valence-corrected chi connectivity index (χ0v) is 40.7. The number of aryl methyl sites for hydroxylation is 1. The van der Waals surface area contributed by atoms with Gasteiger partial charge in [-0.25, -0.2) is 29.9 Å². The minimum Gasteiger partial charge on any atom is -0.386 e. The van der Waals surface area contributed by atoms with Crippen molar-refractivity contribution in [1.82, 2.24) is 49.7 Å². The number of aliphatic hydroxyl groups excluding tert-OH is 1. The molecule has 2 aliphatic carbocycles. The molecule has 0 spiro atoms. The molecule has 6 heterocycles. The predicted molar refractivity (Wildman–Crippen MR) is 273 cm³/mol. The highest BCUT2D eigenvalue weighted by molar-refractivity contribution is 5.98. The molecule has 370 valence electrons. The molecule has 2 saturated carbocycles. The highest BCUT2D eigenvalue weighted by Gasteiger charge is 2.47. The Bertz CT molecular complexity index is 3450. The van der Waals surface area contributed by atoms with Crippen molar-refractivity contribution in [1.29, 1.82) is 0 Å². The van der Waals surface area contributed by atoms with E-state index in [2.05, 4.69) is 61.6 Å². The van der Waals surface area contributed by atoms with E-state index in [1.54, 1.807) is 38.4 Å². The monoisotopic (exact) mass is 980 g/mol. The molecule has 15 nitrogen and oxygen atoms in total. The summed E-state index contributed by atoms with van der Waals surface area (Å²) in [7, 11) is 0. The first kappa shape index (κ1) is 46.3. The van der Waals surface area contributed by atoms with Crippen LogP contribution in [-0.4, -0.2) is 68.2 Å². The second-order valence-electron chi connectivity index (χ2n) is 20.9. The molecule has 1 amide bonds. The number of hydrogen-bond donors (Lipinski definition) is 6. The maximum atomic E-state index is 14.7. The topological polar surface area (TPSA) is 193 Å². The van der Waals surface area contributed by atoms with Crippen LogP contribution in [0.5, 0.6) is 0 Å². The van der Waals surface area contributed by atoms with E-state index in [1.165, 1.54) is 25.0 Å². The lowest BCUT2D eigenvalue weighted by molar-refractivity contribution is -0.0370. The Labute approximate surface area is 420 Å². The van der Waals surface area contributed by atoms with Crippen LogP contribution in [0.2, 0.25) is 0 Å². The molecule has 2 fully saturated rings. The molecular weight excluding hydrogens is 927 g/mol. The molecule has 6 N–H and O–H groups in total. The Hall–Kier alpha value is -7.73. The normalized spacial score (nSPS) is 21.0. The van der Waals surface area contributed by atoms with Gasteiger partial charge in [-0.3, -0.25) is 10.1 Å². The zero-order chi connectivity index (χ0) is 50.4. The van der Waals surface area contributed by atoms with Gasteiger partial charge in [0.15, 0.2) is 11.6 Å². The van der Waals surface area contributed by atoms with Crippen LogP contribution in [0.4, 0.5) is 31.8 Å². The molecule has 2 aliphatic heterocycles. The van der Waals surface area contributed by atoms with Gasteiger partial charge < -0.3 is 35.3 Å². The lowest BCUT2D eigenvalue weighted by atomic mass is 9.73. The van der Waals surface area contributed by atoms with E-state index >= 15 is 0 Å². The first-order valence-corrected chi connectivity index (χ1v) is 24.7. The Morgan fingerprint density at radius 3 is 2.33 bits per heavy atom. The molecule has 4 aromatic carbocycles. The number of carbonyl (C=O) groups is 1. The van der Waals surface area contributed by atoms with Crippen molar-refractivity contribution < 1.29 is 23.8 Å². The number of fused-ring (bicyclic) bond motifs is 2. The number of halogens is 2. The van der Waals surface area contributed by atoms with Gasteiger partial charge in [0, 0.05) is 105 Å². The Morgan fingerprint density at radius 1 is 0.808 bits per heavy atom. The number of anilines is 4. The summed E-state index contributed by atoms with van der Waals surface area (Å²) in [5.74, 6) is -0.146. The zero-order valence-electron chi connectivity index (χ0n) is 40.7. The van der Waals surface area contributed by atoms with Crippen LogP contribution in [0.15, 0.2) is 122 Å². The first-order valence-electron chi connectivity index (χ1n) is 24.7. The maximum Gasteiger partial charge on any atom is 0.285 e. The first-order chi connectivity index (χ1) is 35.0. The van der Waals surface area contributed by atoms with Crippen LogP contribution >= 0.6 is 0 Å². The molecule has 4 unspecified atom stereocenters. The molecule has 4 aromatic heterocycles. The van der Waals surface area contributed by atoms with Gasteiger partial charge in [0.25, 0.3) is 11.8 Å². The number of nitrogens with one attached hydrogen (secondary N) is 4. The third-order valence-corrected chi connectivity index (χ3v) is 14.8. The average Bonchev–Trinajstić information content (AvgIpc) is 4.26. The van der Waals surface area contributed by atoms with E-state index in [9.17, 15) is 23.8 Å². The fourth-order valence-corrected chi connectivity index (χ4v) is 10.5. The number of nitrogens with zero attached hydrogens (tertiary/aromatic N) is 8. The van der Waals surface area contributed by atoms with E-state index in [4.69, 9.17) is 15.0 Å². The van der Waals surface area contributed by atoms with E-state index < -0.39 is 24.3 Å². The summed E-state index contributed by atoms with van der Waals surface area (Å²) in [6.07, 6.45) is 14.2. The summed E-state index contributed by atoms with van der Waals surface area (Å²) < 4.78 is 33.5. The van der Waals surface area contributed by atoms with Gasteiger partial charge in [0.2, 0.25) is 0 Å². The van der Waals surface area contributed by atoms with E-state index in [0.717, 1.165) is 63.5 Å². The molecule has 4 aliphatic rings. The lowest BCUT2D eigenvalue weighted by Gasteiger charge is -2.36. The maximum absolute atomic E-state index is 14.7. The van der Waals surface area contributed by atoms with Crippen LogP contribution < -0.4 is 21.3 Å². The van der Waals surface area contributed by atoms with Crippen molar-refractivity contribution in [2.45, 2.75) is 88.4 Å². The standard InChI is InChI=1S/C56H54F2N12O3/c1-31-19-34(50-59-18-17-48(67-50)65-36-10-15-40-43(22-36)56(57,58)28-62-53(40)72)9-16-47(31)70-26-46(64-30-70)41-20-35(41)23-55(4)27-61-52(71)39-14-11-37(21-42(39)55)66-51-44(54(2,3)73)24-60-49(68-51)33-7-12-38(13-8-33)69-25-45(63-29-69)32-5-6-32/h7-19,21-22,24-26,29-30,32,35,41,53,62,72-73H,5-6,20,23,27-28H2,1-4H3,(H,61,71)(H,59,65,67)(H,60,66,68). The van der Waals surface area contributed by atoms with Gasteiger partial charge in [-0.05, 0) is 142 Å². The number of alkyl halides is 2. The van der Waals surface area contributed by atoms with Gasteiger partial charge in [-0.1, -0.05) is 13.0 Å². The van der Waals surface area contributed by atoms with Crippen molar-refractivity contribution >= 4 is 28.9 Å². The van der Waals surface area contributed by atoms with Gasteiger partial charge in [0.05, 0.1) is 36.2 Å².